The molecule has 3 heterocycles. The zero-order chi connectivity index (χ0) is 27.7. The van der Waals surface area contributed by atoms with Crippen molar-refractivity contribution in [2.45, 2.75) is 64.6 Å². The topological polar surface area (TPSA) is 79.3 Å². The second-order valence-electron chi connectivity index (χ2n) is 10.9. The van der Waals surface area contributed by atoms with Crippen molar-refractivity contribution in [3.8, 4) is 11.1 Å². The zero-order valence-corrected chi connectivity index (χ0v) is 22.6. The molecule has 7 nitrogen and oxygen atoms in total. The number of fused-ring (bicyclic) bond motifs is 1. The lowest BCUT2D eigenvalue weighted by Gasteiger charge is -2.33. The van der Waals surface area contributed by atoms with Crippen molar-refractivity contribution in [1.29, 1.82) is 0 Å². The zero-order valence-electron chi connectivity index (χ0n) is 22.6. The minimum absolute atomic E-state index is 0.168. The summed E-state index contributed by atoms with van der Waals surface area (Å²) < 4.78 is 29.8. The average Bonchev–Trinajstić information content (AvgIpc) is 3.31. The molecular formula is C30H35F2N5O2. The largest absolute Gasteiger partial charge is 0.339 e. The van der Waals surface area contributed by atoms with Crippen molar-refractivity contribution in [2.75, 3.05) is 18.9 Å². The molecule has 2 amide bonds. The molecule has 0 spiro atoms. The monoisotopic (exact) mass is 535 g/mol. The van der Waals surface area contributed by atoms with Gasteiger partial charge in [-0.15, -0.1) is 0 Å². The molecule has 2 aliphatic rings. The van der Waals surface area contributed by atoms with Crippen LogP contribution in [0.5, 0.6) is 0 Å². The molecule has 0 bridgehead atoms. The van der Waals surface area contributed by atoms with Gasteiger partial charge in [0.15, 0.2) is 0 Å². The van der Waals surface area contributed by atoms with Crippen molar-refractivity contribution >= 4 is 17.5 Å². The number of halogens is 2. The van der Waals surface area contributed by atoms with E-state index in [2.05, 4.69) is 20.5 Å². The molecule has 1 aromatic carbocycles. The minimum Gasteiger partial charge on any atom is -0.339 e. The van der Waals surface area contributed by atoms with Crippen molar-refractivity contribution in [3.05, 3.63) is 71.3 Å². The van der Waals surface area contributed by atoms with Crippen LogP contribution in [0.15, 0.2) is 48.7 Å². The number of benzene rings is 1. The lowest BCUT2D eigenvalue weighted by Crippen LogP contribution is -2.50. The van der Waals surface area contributed by atoms with E-state index in [-0.39, 0.29) is 37.5 Å². The summed E-state index contributed by atoms with van der Waals surface area (Å²) in [6.07, 6.45) is 1.54. The molecule has 1 saturated carbocycles. The fraction of sp³-hybridized carbons (Fsp3) is 0.433. The van der Waals surface area contributed by atoms with Crippen LogP contribution in [0.3, 0.4) is 0 Å². The summed E-state index contributed by atoms with van der Waals surface area (Å²) in [5.74, 6) is -3.87. The first kappa shape index (κ1) is 27.0. The minimum atomic E-state index is -2.73. The molecule has 0 radical (unpaired) electrons. The van der Waals surface area contributed by atoms with Gasteiger partial charge in [0.1, 0.15) is 11.7 Å². The summed E-state index contributed by atoms with van der Waals surface area (Å²) in [5.41, 5.74) is 6.16. The highest BCUT2D eigenvalue weighted by molar-refractivity contribution is 6.01. The van der Waals surface area contributed by atoms with Gasteiger partial charge >= 0.3 is 0 Å². The Morgan fingerprint density at radius 2 is 1.74 bits per heavy atom. The lowest BCUT2D eigenvalue weighted by molar-refractivity contribution is -0.121. The van der Waals surface area contributed by atoms with Crippen LogP contribution in [0, 0.1) is 19.8 Å². The molecule has 0 saturated heterocycles. The number of likely N-dealkylation sites (N-methyl/N-ethyl adjacent to an activating group) is 1. The van der Waals surface area contributed by atoms with Crippen LogP contribution in [-0.4, -0.2) is 51.8 Å². The molecule has 1 aliphatic heterocycles. The molecular weight excluding hydrogens is 500 g/mol. The number of carbonyl (C=O) groups excluding carboxylic acids is 2. The number of pyridine rings is 1. The first-order valence-electron chi connectivity index (χ1n) is 13.5. The predicted molar refractivity (Wildman–Crippen MR) is 147 cm³/mol. The fourth-order valence-electron chi connectivity index (χ4n) is 5.82. The van der Waals surface area contributed by atoms with Crippen LogP contribution >= 0.6 is 0 Å². The quantitative estimate of drug-likeness (QED) is 0.456. The van der Waals surface area contributed by atoms with E-state index in [1.54, 1.807) is 12.3 Å². The van der Waals surface area contributed by atoms with E-state index in [9.17, 15) is 18.4 Å². The summed E-state index contributed by atoms with van der Waals surface area (Å²) >= 11 is 0. The van der Waals surface area contributed by atoms with Crippen molar-refractivity contribution in [1.82, 2.24) is 19.8 Å². The molecule has 1 aliphatic carbocycles. The van der Waals surface area contributed by atoms with Crippen LogP contribution in [0.4, 0.5) is 14.5 Å². The maximum atomic E-state index is 13.9. The van der Waals surface area contributed by atoms with E-state index >= 15 is 0 Å². The third-order valence-corrected chi connectivity index (χ3v) is 8.03. The van der Waals surface area contributed by atoms with Gasteiger partial charge in [0, 0.05) is 61.3 Å². The van der Waals surface area contributed by atoms with Gasteiger partial charge in [0.25, 0.3) is 5.91 Å². The number of aryl methyl sites for hydroxylation is 2. The summed E-state index contributed by atoms with van der Waals surface area (Å²) in [5, 5.41) is 5.83. The van der Waals surface area contributed by atoms with Gasteiger partial charge in [-0.2, -0.15) is 0 Å². The summed E-state index contributed by atoms with van der Waals surface area (Å²) in [6.45, 7) is 6.22. The number of nitrogens with one attached hydrogen (secondary N) is 2. The van der Waals surface area contributed by atoms with Gasteiger partial charge < -0.3 is 15.2 Å². The van der Waals surface area contributed by atoms with Gasteiger partial charge in [-0.1, -0.05) is 12.1 Å². The van der Waals surface area contributed by atoms with Crippen LogP contribution in [0.1, 0.15) is 53.1 Å². The lowest BCUT2D eigenvalue weighted by atomic mass is 9.81. The van der Waals surface area contributed by atoms with Gasteiger partial charge in [-0.3, -0.25) is 19.5 Å². The number of hydrogen-bond acceptors (Lipinski definition) is 4. The Labute approximate surface area is 227 Å². The standard InChI is InChI=1S/C30H35F2N5O2/c1-19-12-15-33-20(2)26(19)21-4-6-23(7-5-21)34-29(39)27(22-10-13-30(31,32)14-11-22)35-28(38)25-9-8-24-18-36(3)16-17-37(24)25/h4-9,12,15,22,27H,10-11,13-14,16-18H2,1-3H3,(H,34,39)(H,35,38)/t27-/m0/s1. The molecule has 1 fully saturated rings. The number of anilines is 1. The highest BCUT2D eigenvalue weighted by Crippen LogP contribution is 2.38. The predicted octanol–water partition coefficient (Wildman–Crippen LogP) is 5.17. The average molecular weight is 536 g/mol. The molecule has 39 heavy (non-hydrogen) atoms. The number of carbonyl (C=O) groups is 2. The Kier molecular flexibility index (Phi) is 7.53. The molecule has 9 heteroatoms. The van der Waals surface area contributed by atoms with Gasteiger partial charge in [-0.25, -0.2) is 8.78 Å². The maximum Gasteiger partial charge on any atom is 0.268 e. The second-order valence-corrected chi connectivity index (χ2v) is 10.9. The van der Waals surface area contributed by atoms with Crippen molar-refractivity contribution in [3.63, 3.8) is 0 Å². The Morgan fingerprint density at radius 3 is 2.44 bits per heavy atom. The summed E-state index contributed by atoms with van der Waals surface area (Å²) in [6, 6.07) is 12.2. The van der Waals surface area contributed by atoms with E-state index in [1.165, 1.54) is 0 Å². The Morgan fingerprint density at radius 1 is 1.03 bits per heavy atom. The van der Waals surface area contributed by atoms with E-state index < -0.39 is 17.9 Å². The maximum absolute atomic E-state index is 13.9. The van der Waals surface area contributed by atoms with Crippen molar-refractivity contribution in [2.24, 2.45) is 5.92 Å². The number of amides is 2. The SMILES string of the molecule is Cc1ccnc(C)c1-c1ccc(NC(=O)[C@@H](NC(=O)c2ccc3n2CCN(C)C3)C2CCC(F)(F)CC2)cc1. The summed E-state index contributed by atoms with van der Waals surface area (Å²) in [7, 11) is 2.03. The molecule has 3 aromatic rings. The molecule has 5 rings (SSSR count). The third-order valence-electron chi connectivity index (χ3n) is 8.03. The molecule has 2 aromatic heterocycles. The normalized spacial score (nSPS) is 18.3. The first-order valence-corrected chi connectivity index (χ1v) is 13.5. The van der Waals surface area contributed by atoms with Gasteiger partial charge in [0.2, 0.25) is 11.8 Å². The van der Waals surface area contributed by atoms with E-state index in [4.69, 9.17) is 0 Å². The van der Waals surface area contributed by atoms with Gasteiger partial charge in [-0.05, 0) is 81.1 Å². The number of hydrogen-bond donors (Lipinski definition) is 2. The molecule has 1 atom stereocenters. The number of rotatable bonds is 6. The third kappa shape index (κ3) is 5.88. The Hall–Kier alpha value is -3.59. The smallest absolute Gasteiger partial charge is 0.268 e. The number of aromatic nitrogens is 2. The fourth-order valence-corrected chi connectivity index (χ4v) is 5.82. The molecule has 2 N–H and O–H groups in total. The molecule has 0 unspecified atom stereocenters. The van der Waals surface area contributed by atoms with E-state index in [0.717, 1.165) is 41.2 Å². The van der Waals surface area contributed by atoms with Crippen LogP contribution in [-0.2, 0) is 17.9 Å². The van der Waals surface area contributed by atoms with Crippen molar-refractivity contribution < 1.29 is 18.4 Å². The number of nitrogens with zero attached hydrogens (tertiary/aromatic N) is 3. The second kappa shape index (κ2) is 10.9. The summed E-state index contributed by atoms with van der Waals surface area (Å²) in [4.78, 5) is 33.5. The highest BCUT2D eigenvalue weighted by atomic mass is 19.3. The Bertz CT molecular complexity index is 1340. The first-order chi connectivity index (χ1) is 18.6. The van der Waals surface area contributed by atoms with E-state index in [1.807, 2.05) is 61.9 Å². The van der Waals surface area contributed by atoms with Crippen LogP contribution in [0.25, 0.3) is 11.1 Å². The molecule has 206 valence electrons. The highest BCUT2D eigenvalue weighted by Gasteiger charge is 2.40. The van der Waals surface area contributed by atoms with Gasteiger partial charge in [0.05, 0.1) is 0 Å². The van der Waals surface area contributed by atoms with Crippen LogP contribution in [0.2, 0.25) is 0 Å². The number of alkyl halides is 2. The Balaban J connectivity index is 1.34. The van der Waals surface area contributed by atoms with Crippen LogP contribution < -0.4 is 10.6 Å². The van der Waals surface area contributed by atoms with E-state index in [0.29, 0.717) is 17.9 Å².